The molecule has 100 valence electrons. The van der Waals surface area contributed by atoms with E-state index in [1.807, 2.05) is 24.3 Å². The predicted molar refractivity (Wildman–Crippen MR) is 74.0 cm³/mol. The van der Waals surface area contributed by atoms with Crippen molar-refractivity contribution >= 4 is 16.9 Å². The number of furan rings is 1. The van der Waals surface area contributed by atoms with Crippen LogP contribution >= 0.6 is 0 Å². The van der Waals surface area contributed by atoms with Gasteiger partial charge in [-0.25, -0.2) is 0 Å². The fourth-order valence-electron chi connectivity index (χ4n) is 2.64. The van der Waals surface area contributed by atoms with E-state index in [1.54, 1.807) is 6.26 Å². The van der Waals surface area contributed by atoms with Gasteiger partial charge in [0.2, 0.25) is 5.91 Å². The van der Waals surface area contributed by atoms with E-state index >= 15 is 0 Å². The molecule has 1 aliphatic heterocycles. The molecule has 1 unspecified atom stereocenters. The number of fused-ring (bicyclic) bond motifs is 1. The number of hydrogen-bond donors (Lipinski definition) is 2. The first kappa shape index (κ1) is 12.2. The average Bonchev–Trinajstić information content (AvgIpc) is 2.89. The van der Waals surface area contributed by atoms with E-state index in [0.717, 1.165) is 42.5 Å². The molecule has 0 saturated carbocycles. The molecule has 0 aliphatic carbocycles. The number of rotatable bonds is 3. The number of hydrogen-bond acceptors (Lipinski definition) is 3. The summed E-state index contributed by atoms with van der Waals surface area (Å²) in [5.41, 5.74) is 1.86. The van der Waals surface area contributed by atoms with Crippen LogP contribution in [0.3, 0.4) is 0 Å². The molecule has 1 aliphatic rings. The Morgan fingerprint density at radius 2 is 2.37 bits per heavy atom. The van der Waals surface area contributed by atoms with Gasteiger partial charge in [-0.05, 0) is 37.1 Å². The summed E-state index contributed by atoms with van der Waals surface area (Å²) < 4.78 is 5.35. The van der Waals surface area contributed by atoms with Crippen molar-refractivity contribution in [3.05, 3.63) is 36.1 Å². The van der Waals surface area contributed by atoms with E-state index < -0.39 is 0 Å². The molecule has 1 atom stereocenters. The van der Waals surface area contributed by atoms with E-state index in [2.05, 4.69) is 10.6 Å². The van der Waals surface area contributed by atoms with Crippen molar-refractivity contribution in [2.45, 2.75) is 25.3 Å². The highest BCUT2D eigenvalue weighted by Gasteiger charge is 2.16. The van der Waals surface area contributed by atoms with Gasteiger partial charge >= 0.3 is 0 Å². The molecule has 4 heteroatoms. The van der Waals surface area contributed by atoms with Crippen LogP contribution in [0.2, 0.25) is 0 Å². The lowest BCUT2D eigenvalue weighted by Gasteiger charge is -2.23. The lowest BCUT2D eigenvalue weighted by Crippen LogP contribution is -2.46. The smallest absolute Gasteiger partial charge is 0.224 e. The minimum atomic E-state index is 0.0856. The Labute approximate surface area is 112 Å². The van der Waals surface area contributed by atoms with Gasteiger partial charge in [-0.3, -0.25) is 4.79 Å². The molecular weight excluding hydrogens is 240 g/mol. The fourth-order valence-corrected chi connectivity index (χ4v) is 2.64. The summed E-state index contributed by atoms with van der Waals surface area (Å²) in [6.07, 6.45) is 4.27. The van der Waals surface area contributed by atoms with Crippen LogP contribution in [-0.4, -0.2) is 25.0 Å². The molecule has 0 radical (unpaired) electrons. The van der Waals surface area contributed by atoms with Crippen LogP contribution in [0.4, 0.5) is 0 Å². The van der Waals surface area contributed by atoms with E-state index in [9.17, 15) is 4.79 Å². The summed E-state index contributed by atoms with van der Waals surface area (Å²) in [5.74, 6) is 0.0856. The summed E-state index contributed by atoms with van der Waals surface area (Å²) in [4.78, 5) is 12.1. The van der Waals surface area contributed by atoms with Crippen LogP contribution < -0.4 is 10.6 Å². The number of benzene rings is 1. The van der Waals surface area contributed by atoms with Crippen molar-refractivity contribution < 1.29 is 9.21 Å². The maximum atomic E-state index is 12.1. The Balaban J connectivity index is 1.67. The molecule has 19 heavy (non-hydrogen) atoms. The van der Waals surface area contributed by atoms with Gasteiger partial charge in [0, 0.05) is 18.0 Å². The number of carbonyl (C=O) groups is 1. The maximum Gasteiger partial charge on any atom is 0.224 e. The quantitative estimate of drug-likeness (QED) is 0.883. The first-order valence-electron chi connectivity index (χ1n) is 6.78. The fraction of sp³-hybridized carbons (Fsp3) is 0.400. The third-order valence-corrected chi connectivity index (χ3v) is 3.60. The number of amides is 1. The van der Waals surface area contributed by atoms with Crippen molar-refractivity contribution in [1.29, 1.82) is 0 Å². The van der Waals surface area contributed by atoms with Gasteiger partial charge in [0.25, 0.3) is 0 Å². The number of piperidine rings is 1. The summed E-state index contributed by atoms with van der Waals surface area (Å²) in [6.45, 7) is 1.93. The number of carbonyl (C=O) groups excluding carboxylic acids is 1. The van der Waals surface area contributed by atoms with Gasteiger partial charge < -0.3 is 15.1 Å². The highest BCUT2D eigenvalue weighted by molar-refractivity contribution is 5.87. The molecule has 1 saturated heterocycles. The highest BCUT2D eigenvalue weighted by atomic mass is 16.3. The van der Waals surface area contributed by atoms with Gasteiger partial charge in [-0.2, -0.15) is 0 Å². The Hall–Kier alpha value is -1.81. The summed E-state index contributed by atoms with van der Waals surface area (Å²) in [5, 5.41) is 7.42. The Morgan fingerprint density at radius 1 is 1.42 bits per heavy atom. The zero-order valence-electron chi connectivity index (χ0n) is 10.8. The van der Waals surface area contributed by atoms with E-state index in [0.29, 0.717) is 6.42 Å². The van der Waals surface area contributed by atoms with Crippen molar-refractivity contribution in [1.82, 2.24) is 10.6 Å². The predicted octanol–water partition coefficient (Wildman–Crippen LogP) is 1.84. The summed E-state index contributed by atoms with van der Waals surface area (Å²) >= 11 is 0. The first-order valence-corrected chi connectivity index (χ1v) is 6.78. The van der Waals surface area contributed by atoms with Gasteiger partial charge in [0.15, 0.2) is 0 Å². The zero-order valence-corrected chi connectivity index (χ0v) is 10.8. The Kier molecular flexibility index (Phi) is 3.51. The largest absolute Gasteiger partial charge is 0.464 e. The number of nitrogens with one attached hydrogen (secondary N) is 2. The molecule has 2 N–H and O–H groups in total. The van der Waals surface area contributed by atoms with Crippen LogP contribution in [0.15, 0.2) is 34.9 Å². The van der Waals surface area contributed by atoms with E-state index in [1.165, 1.54) is 0 Å². The SMILES string of the molecule is O=C(Cc1cccc2occc12)NC1CCCNC1. The molecule has 2 heterocycles. The Bertz CT molecular complexity index is 570. The second kappa shape index (κ2) is 5.45. The van der Waals surface area contributed by atoms with Crippen molar-refractivity contribution in [2.24, 2.45) is 0 Å². The van der Waals surface area contributed by atoms with Crippen LogP contribution in [0, 0.1) is 0 Å². The molecule has 1 fully saturated rings. The molecule has 2 aromatic rings. The van der Waals surface area contributed by atoms with Gasteiger partial charge in [0.1, 0.15) is 5.58 Å². The van der Waals surface area contributed by atoms with Crippen molar-refractivity contribution in [3.63, 3.8) is 0 Å². The minimum absolute atomic E-state index is 0.0856. The second-order valence-corrected chi connectivity index (χ2v) is 5.04. The molecule has 1 aromatic heterocycles. The summed E-state index contributed by atoms with van der Waals surface area (Å²) in [7, 11) is 0. The highest BCUT2D eigenvalue weighted by Crippen LogP contribution is 2.20. The first-order chi connectivity index (χ1) is 9.33. The topological polar surface area (TPSA) is 54.3 Å². The van der Waals surface area contributed by atoms with Gasteiger partial charge in [-0.1, -0.05) is 12.1 Å². The molecule has 0 spiro atoms. The zero-order chi connectivity index (χ0) is 13.1. The van der Waals surface area contributed by atoms with Crippen molar-refractivity contribution in [3.8, 4) is 0 Å². The van der Waals surface area contributed by atoms with E-state index in [-0.39, 0.29) is 11.9 Å². The van der Waals surface area contributed by atoms with Gasteiger partial charge in [-0.15, -0.1) is 0 Å². The molecule has 4 nitrogen and oxygen atoms in total. The van der Waals surface area contributed by atoms with Crippen LogP contribution in [0.5, 0.6) is 0 Å². The Morgan fingerprint density at radius 3 is 3.21 bits per heavy atom. The monoisotopic (exact) mass is 258 g/mol. The third-order valence-electron chi connectivity index (χ3n) is 3.60. The molecule has 1 aromatic carbocycles. The molecule has 0 bridgehead atoms. The normalized spacial score (nSPS) is 19.5. The van der Waals surface area contributed by atoms with E-state index in [4.69, 9.17) is 4.42 Å². The van der Waals surface area contributed by atoms with Crippen LogP contribution in [-0.2, 0) is 11.2 Å². The molecule has 3 rings (SSSR count). The van der Waals surface area contributed by atoms with Crippen molar-refractivity contribution in [2.75, 3.05) is 13.1 Å². The molecular formula is C15H18N2O2. The van der Waals surface area contributed by atoms with Crippen LogP contribution in [0.1, 0.15) is 18.4 Å². The summed E-state index contributed by atoms with van der Waals surface area (Å²) in [6, 6.07) is 8.01. The minimum Gasteiger partial charge on any atom is -0.464 e. The lowest BCUT2D eigenvalue weighted by atomic mass is 10.0. The van der Waals surface area contributed by atoms with Gasteiger partial charge in [0.05, 0.1) is 12.7 Å². The lowest BCUT2D eigenvalue weighted by molar-refractivity contribution is -0.121. The molecule has 1 amide bonds. The average molecular weight is 258 g/mol. The van der Waals surface area contributed by atoms with Crippen LogP contribution in [0.25, 0.3) is 11.0 Å². The second-order valence-electron chi connectivity index (χ2n) is 5.04. The standard InChI is InChI=1S/C15H18N2O2/c18-15(17-12-4-2-7-16-10-12)9-11-3-1-5-14-13(11)6-8-19-14/h1,3,5-6,8,12,16H,2,4,7,9-10H2,(H,17,18). The maximum absolute atomic E-state index is 12.1. The third kappa shape index (κ3) is 2.79.